The van der Waals surface area contributed by atoms with E-state index in [9.17, 15) is 5.11 Å². The van der Waals surface area contributed by atoms with Crippen molar-refractivity contribution >= 4 is 11.1 Å². The van der Waals surface area contributed by atoms with Gasteiger partial charge in [0, 0.05) is 12.5 Å². The highest BCUT2D eigenvalue weighted by Gasteiger charge is 2.33. The highest BCUT2D eigenvalue weighted by Crippen LogP contribution is 2.51. The van der Waals surface area contributed by atoms with E-state index in [4.69, 9.17) is 4.74 Å². The third kappa shape index (κ3) is 6.61. The van der Waals surface area contributed by atoms with Gasteiger partial charge < -0.3 is 14.7 Å². The molecule has 0 spiro atoms. The Hall–Kier alpha value is -2.10. The van der Waals surface area contributed by atoms with Crippen LogP contribution in [0.1, 0.15) is 101 Å². The molecule has 2 fully saturated rings. The van der Waals surface area contributed by atoms with E-state index in [1.807, 2.05) is 26.0 Å². The van der Waals surface area contributed by atoms with Gasteiger partial charge >= 0.3 is 0 Å². The molecule has 3 nitrogen and oxygen atoms in total. The third-order valence-electron chi connectivity index (χ3n) is 8.49. The number of phenols is 1. The fourth-order valence-electron chi connectivity index (χ4n) is 6.58. The van der Waals surface area contributed by atoms with Crippen LogP contribution in [0.4, 0.5) is 0 Å². The number of rotatable bonds is 7. The van der Waals surface area contributed by atoms with Gasteiger partial charge in [-0.05, 0) is 111 Å². The number of ether oxygens (including phenoxy) is 1. The van der Waals surface area contributed by atoms with Crippen LogP contribution in [0.5, 0.6) is 5.75 Å². The van der Waals surface area contributed by atoms with Gasteiger partial charge in [-0.1, -0.05) is 63.1 Å². The predicted molar refractivity (Wildman–Crippen MR) is 152 cm³/mol. The number of benzene rings is 2. The Bertz CT molecular complexity index is 963. The van der Waals surface area contributed by atoms with Crippen molar-refractivity contribution in [3.63, 3.8) is 0 Å². The number of phenolic OH excluding ortho intramolecular Hbond substituents is 1. The highest BCUT2D eigenvalue weighted by atomic mass is 16.5. The van der Waals surface area contributed by atoms with Crippen LogP contribution < -0.4 is 0 Å². The van der Waals surface area contributed by atoms with Crippen molar-refractivity contribution in [3.8, 4) is 5.75 Å². The molecule has 1 unspecified atom stereocenters. The summed E-state index contributed by atoms with van der Waals surface area (Å²) in [6, 6.07) is 16.8. The normalized spacial score (nSPS) is 24.6. The van der Waals surface area contributed by atoms with E-state index in [0.717, 1.165) is 19.1 Å². The lowest BCUT2D eigenvalue weighted by Gasteiger charge is -2.32. The first-order valence-corrected chi connectivity index (χ1v) is 14.6. The topological polar surface area (TPSA) is 32.7 Å². The Morgan fingerprint density at radius 1 is 0.861 bits per heavy atom. The molecule has 2 aliphatic carbocycles. The zero-order chi connectivity index (χ0) is 25.3. The molecule has 36 heavy (non-hydrogen) atoms. The molecule has 3 heteroatoms. The van der Waals surface area contributed by atoms with Gasteiger partial charge in [0.05, 0.1) is 12.7 Å². The van der Waals surface area contributed by atoms with E-state index >= 15 is 0 Å². The summed E-state index contributed by atoms with van der Waals surface area (Å²) >= 11 is 0. The van der Waals surface area contributed by atoms with Gasteiger partial charge in [0.2, 0.25) is 0 Å². The first-order valence-electron chi connectivity index (χ1n) is 14.6. The highest BCUT2D eigenvalue weighted by molar-refractivity contribution is 5.98. The summed E-state index contributed by atoms with van der Waals surface area (Å²) in [7, 11) is 0. The van der Waals surface area contributed by atoms with Crippen LogP contribution in [0.25, 0.3) is 11.1 Å². The molecule has 1 aliphatic heterocycles. The summed E-state index contributed by atoms with van der Waals surface area (Å²) in [4.78, 5) is 2.61. The Labute approximate surface area is 219 Å². The zero-order valence-electron chi connectivity index (χ0n) is 22.8. The summed E-state index contributed by atoms with van der Waals surface area (Å²) in [5.41, 5.74) is 7.00. The number of nitrogens with zero attached hydrogens (tertiary/aromatic N) is 1. The van der Waals surface area contributed by atoms with E-state index < -0.39 is 0 Å². The molecule has 1 heterocycles. The molecule has 0 amide bonds. The summed E-state index contributed by atoms with van der Waals surface area (Å²) in [5.74, 6) is 1.54. The second-order valence-electron chi connectivity index (χ2n) is 10.7. The molecule has 2 aromatic carbocycles. The van der Waals surface area contributed by atoms with Crippen molar-refractivity contribution in [1.82, 2.24) is 4.90 Å². The van der Waals surface area contributed by atoms with E-state index in [1.54, 1.807) is 0 Å². The van der Waals surface area contributed by atoms with Gasteiger partial charge in [0.15, 0.2) is 0 Å². The van der Waals surface area contributed by atoms with Gasteiger partial charge in [-0.15, -0.1) is 0 Å². The lowest BCUT2D eigenvalue weighted by Crippen LogP contribution is -2.31. The van der Waals surface area contributed by atoms with E-state index in [-0.39, 0.29) is 0 Å². The quantitative estimate of drug-likeness (QED) is 0.425. The first-order chi connectivity index (χ1) is 17.7. The minimum atomic E-state index is 0.336. The van der Waals surface area contributed by atoms with Crippen molar-refractivity contribution in [1.29, 1.82) is 0 Å². The molecule has 0 bridgehead atoms. The average Bonchev–Trinajstić information content (AvgIpc) is 3.06. The van der Waals surface area contributed by atoms with E-state index in [1.165, 1.54) is 98.7 Å². The fraction of sp³-hybridized carbons (Fsp3) is 0.576. The van der Waals surface area contributed by atoms with Crippen molar-refractivity contribution < 1.29 is 9.84 Å². The number of allylic oxidation sites excluding steroid dienone is 2. The van der Waals surface area contributed by atoms with Gasteiger partial charge in [-0.3, -0.25) is 0 Å². The number of aromatic hydroxyl groups is 1. The Morgan fingerprint density at radius 3 is 2.22 bits per heavy atom. The van der Waals surface area contributed by atoms with Gasteiger partial charge in [0.1, 0.15) is 5.75 Å². The predicted octanol–water partition coefficient (Wildman–Crippen LogP) is 8.29. The molecule has 0 radical (unpaired) electrons. The summed E-state index contributed by atoms with van der Waals surface area (Å²) in [6.07, 6.45) is 12.1. The lowest BCUT2D eigenvalue weighted by atomic mass is 9.77. The Morgan fingerprint density at radius 2 is 1.53 bits per heavy atom. The number of hydrogen-bond acceptors (Lipinski definition) is 3. The van der Waals surface area contributed by atoms with Crippen LogP contribution in [0.2, 0.25) is 0 Å². The molecule has 2 aromatic rings. The van der Waals surface area contributed by atoms with Crippen LogP contribution in [0.15, 0.2) is 48.5 Å². The molecule has 196 valence electrons. The second-order valence-corrected chi connectivity index (χ2v) is 10.7. The monoisotopic (exact) mass is 489 g/mol. The Balaban J connectivity index is 0.00000148. The van der Waals surface area contributed by atoms with Crippen LogP contribution >= 0.6 is 0 Å². The number of hydrogen-bond donors (Lipinski definition) is 1. The smallest absolute Gasteiger partial charge is 0.115 e. The maximum absolute atomic E-state index is 9.81. The zero-order valence-corrected chi connectivity index (χ0v) is 22.8. The summed E-state index contributed by atoms with van der Waals surface area (Å²) in [5, 5.41) is 9.81. The SMILES string of the molecule is CC.CC1=C(c2ccc(O)cc2)C(CC2CCC(OCCN3CCCCCC3)CC2)c2ccccc21. The second kappa shape index (κ2) is 13.4. The average molecular weight is 490 g/mol. The number of likely N-dealkylation sites (tertiary alicyclic amines) is 1. The molecule has 1 N–H and O–H groups in total. The van der Waals surface area contributed by atoms with Crippen LogP contribution in [0, 0.1) is 5.92 Å². The minimum absolute atomic E-state index is 0.336. The molecule has 1 saturated carbocycles. The summed E-state index contributed by atoms with van der Waals surface area (Å²) in [6.45, 7) is 10.8. The minimum Gasteiger partial charge on any atom is -0.508 e. The van der Waals surface area contributed by atoms with Crippen molar-refractivity contribution in [2.75, 3.05) is 26.2 Å². The first kappa shape index (κ1) is 26.9. The maximum atomic E-state index is 9.81. The lowest BCUT2D eigenvalue weighted by molar-refractivity contribution is 0.00669. The molecular formula is C33H47NO2. The molecule has 1 saturated heterocycles. The molecule has 3 aliphatic rings. The van der Waals surface area contributed by atoms with Gasteiger partial charge in [0.25, 0.3) is 0 Å². The van der Waals surface area contributed by atoms with Crippen LogP contribution in [-0.2, 0) is 4.74 Å². The third-order valence-corrected chi connectivity index (χ3v) is 8.49. The fourth-order valence-corrected chi connectivity index (χ4v) is 6.58. The molecule has 5 rings (SSSR count). The van der Waals surface area contributed by atoms with E-state index in [0.29, 0.717) is 17.8 Å². The van der Waals surface area contributed by atoms with Gasteiger partial charge in [-0.2, -0.15) is 0 Å². The van der Waals surface area contributed by atoms with Crippen molar-refractivity contribution in [2.24, 2.45) is 5.92 Å². The van der Waals surface area contributed by atoms with Crippen LogP contribution in [0.3, 0.4) is 0 Å². The standard InChI is InChI=1S/C31H41NO2.C2H6/c1-23-28-8-4-5-9-29(28)30(31(23)25-12-14-26(33)15-13-25)22-24-10-16-27(17-11-24)34-21-20-32-18-6-2-3-7-19-32;1-2/h4-5,8-9,12-15,24,27,30,33H,2-3,6-7,10-11,16-22H2,1H3;1-2H3. The van der Waals surface area contributed by atoms with Crippen molar-refractivity contribution in [3.05, 3.63) is 65.2 Å². The van der Waals surface area contributed by atoms with Gasteiger partial charge in [-0.25, -0.2) is 0 Å². The molecular weight excluding hydrogens is 442 g/mol. The Kier molecular flexibility index (Phi) is 10.1. The largest absolute Gasteiger partial charge is 0.508 e. The maximum Gasteiger partial charge on any atom is 0.115 e. The summed E-state index contributed by atoms with van der Waals surface area (Å²) < 4.78 is 6.35. The van der Waals surface area contributed by atoms with Crippen LogP contribution in [-0.4, -0.2) is 42.4 Å². The molecule has 0 aromatic heterocycles. The molecule has 1 atom stereocenters. The number of fused-ring (bicyclic) bond motifs is 1. The van der Waals surface area contributed by atoms with E-state index in [2.05, 4.69) is 48.2 Å². The van der Waals surface area contributed by atoms with Crippen molar-refractivity contribution in [2.45, 2.75) is 90.6 Å².